The minimum Gasteiger partial charge on any atom is -0.469 e. The minimum atomic E-state index is -0.249. The van der Waals surface area contributed by atoms with Crippen molar-refractivity contribution in [2.75, 3.05) is 20.7 Å². The molecule has 0 radical (unpaired) electrons. The van der Waals surface area contributed by atoms with Gasteiger partial charge in [-0.05, 0) is 13.0 Å². The average Bonchev–Trinajstić information content (AvgIpc) is 2.90. The van der Waals surface area contributed by atoms with Gasteiger partial charge in [0.05, 0.1) is 19.6 Å². The highest BCUT2D eigenvalue weighted by Gasteiger charge is 2.14. The van der Waals surface area contributed by atoms with Crippen LogP contribution < -0.4 is 10.6 Å². The maximum absolute atomic E-state index is 11.4. The summed E-state index contributed by atoms with van der Waals surface area (Å²) in [5, 5.41) is 7.41. The summed E-state index contributed by atoms with van der Waals surface area (Å²) in [7, 11) is 3.07. The van der Waals surface area contributed by atoms with Crippen LogP contribution in [-0.2, 0) is 16.1 Å². The van der Waals surface area contributed by atoms with Crippen LogP contribution in [0.15, 0.2) is 33.7 Å². The van der Waals surface area contributed by atoms with E-state index in [0.29, 0.717) is 19.0 Å². The molecule has 1 aromatic carbocycles. The van der Waals surface area contributed by atoms with Gasteiger partial charge in [-0.2, -0.15) is 0 Å². The van der Waals surface area contributed by atoms with Crippen LogP contribution in [0.2, 0.25) is 0 Å². The monoisotopic (exact) mass is 317 g/mol. The first kappa shape index (κ1) is 16.9. The molecular weight excluding hydrogens is 294 g/mol. The van der Waals surface area contributed by atoms with Gasteiger partial charge in [0.2, 0.25) is 0 Å². The van der Waals surface area contributed by atoms with Crippen molar-refractivity contribution in [1.29, 1.82) is 0 Å². The number of nitrogens with one attached hydrogen (secondary N) is 2. The second-order valence-corrected chi connectivity index (χ2v) is 5.38. The van der Waals surface area contributed by atoms with Gasteiger partial charge in [-0.1, -0.05) is 25.1 Å². The molecule has 0 spiro atoms. The lowest BCUT2D eigenvalue weighted by Gasteiger charge is -2.14. The summed E-state index contributed by atoms with van der Waals surface area (Å²) >= 11 is 0. The van der Waals surface area contributed by atoms with Gasteiger partial charge in [0.15, 0.2) is 5.96 Å². The molecule has 0 aliphatic heterocycles. The molecule has 6 heteroatoms. The Bertz CT molecular complexity index is 706. The molecule has 2 N–H and O–H groups in total. The van der Waals surface area contributed by atoms with E-state index < -0.39 is 0 Å². The topological polar surface area (TPSA) is 75.9 Å². The van der Waals surface area contributed by atoms with Gasteiger partial charge in [-0.3, -0.25) is 9.79 Å². The molecule has 1 atom stereocenters. The lowest BCUT2D eigenvalue weighted by molar-refractivity contribution is -0.144. The van der Waals surface area contributed by atoms with Gasteiger partial charge >= 0.3 is 5.97 Å². The fourth-order valence-corrected chi connectivity index (χ4v) is 2.31. The van der Waals surface area contributed by atoms with Crippen molar-refractivity contribution >= 4 is 22.9 Å². The predicted molar refractivity (Wildman–Crippen MR) is 90.3 cm³/mol. The van der Waals surface area contributed by atoms with Crippen LogP contribution in [-0.4, -0.2) is 32.6 Å². The van der Waals surface area contributed by atoms with E-state index in [1.54, 1.807) is 14.0 Å². The Morgan fingerprint density at radius 1 is 1.35 bits per heavy atom. The molecule has 2 rings (SSSR count). The number of para-hydroxylation sites is 1. The van der Waals surface area contributed by atoms with E-state index in [2.05, 4.69) is 15.6 Å². The Morgan fingerprint density at radius 2 is 2.09 bits per heavy atom. The van der Waals surface area contributed by atoms with Crippen molar-refractivity contribution in [1.82, 2.24) is 10.6 Å². The number of guanidine groups is 1. The van der Waals surface area contributed by atoms with E-state index in [1.165, 1.54) is 7.11 Å². The van der Waals surface area contributed by atoms with Crippen LogP contribution in [0, 0.1) is 12.8 Å². The third kappa shape index (κ3) is 4.03. The SMILES string of the molecule is CN=C(NCc1oc2ccccc2c1C)NCC(C)C(=O)OC. The molecule has 0 saturated carbocycles. The third-order valence-corrected chi connectivity index (χ3v) is 3.76. The third-order valence-electron chi connectivity index (χ3n) is 3.76. The summed E-state index contributed by atoms with van der Waals surface area (Å²) in [6.07, 6.45) is 0. The molecule has 6 nitrogen and oxygen atoms in total. The zero-order chi connectivity index (χ0) is 16.8. The number of hydrogen-bond acceptors (Lipinski definition) is 4. The van der Waals surface area contributed by atoms with Crippen LogP contribution in [0.1, 0.15) is 18.2 Å². The fraction of sp³-hybridized carbons (Fsp3) is 0.412. The summed E-state index contributed by atoms with van der Waals surface area (Å²) in [5.74, 6) is 0.989. The number of esters is 1. The van der Waals surface area contributed by atoms with Gasteiger partial charge in [-0.25, -0.2) is 0 Å². The van der Waals surface area contributed by atoms with Gasteiger partial charge < -0.3 is 19.8 Å². The van der Waals surface area contributed by atoms with Crippen molar-refractivity contribution in [2.24, 2.45) is 10.9 Å². The molecule has 2 aromatic rings. The smallest absolute Gasteiger partial charge is 0.310 e. The largest absolute Gasteiger partial charge is 0.469 e. The van der Waals surface area contributed by atoms with E-state index >= 15 is 0 Å². The van der Waals surface area contributed by atoms with E-state index in [4.69, 9.17) is 9.15 Å². The molecule has 124 valence electrons. The van der Waals surface area contributed by atoms with Crippen LogP contribution in [0.3, 0.4) is 0 Å². The van der Waals surface area contributed by atoms with Crippen molar-refractivity contribution in [3.8, 4) is 0 Å². The molecule has 1 unspecified atom stereocenters. The number of fused-ring (bicyclic) bond motifs is 1. The molecule has 23 heavy (non-hydrogen) atoms. The van der Waals surface area contributed by atoms with Crippen LogP contribution >= 0.6 is 0 Å². The highest BCUT2D eigenvalue weighted by molar-refractivity contribution is 5.83. The van der Waals surface area contributed by atoms with Crippen molar-refractivity contribution < 1.29 is 13.9 Å². The van der Waals surface area contributed by atoms with Crippen LogP contribution in [0.4, 0.5) is 0 Å². The maximum atomic E-state index is 11.4. The maximum Gasteiger partial charge on any atom is 0.310 e. The van der Waals surface area contributed by atoms with Crippen molar-refractivity contribution in [3.63, 3.8) is 0 Å². The van der Waals surface area contributed by atoms with Gasteiger partial charge in [0.25, 0.3) is 0 Å². The second-order valence-electron chi connectivity index (χ2n) is 5.38. The summed E-state index contributed by atoms with van der Waals surface area (Å²) < 4.78 is 10.6. The standard InChI is InChI=1S/C17H23N3O3/c1-11(16(21)22-4)9-19-17(18-3)20-10-15-12(2)13-7-5-6-8-14(13)23-15/h5-8,11H,9-10H2,1-4H3,(H2,18,19,20). The Balaban J connectivity index is 1.95. The first-order chi connectivity index (χ1) is 11.1. The van der Waals surface area contributed by atoms with E-state index in [-0.39, 0.29) is 11.9 Å². The molecule has 1 aromatic heterocycles. The number of carbonyl (C=O) groups is 1. The van der Waals surface area contributed by atoms with Crippen LogP contribution in [0.5, 0.6) is 0 Å². The Kier molecular flexibility index (Phi) is 5.62. The number of furan rings is 1. The van der Waals surface area contributed by atoms with E-state index in [9.17, 15) is 4.79 Å². The van der Waals surface area contributed by atoms with Crippen molar-refractivity contribution in [2.45, 2.75) is 20.4 Å². The first-order valence-electron chi connectivity index (χ1n) is 7.56. The lowest BCUT2D eigenvalue weighted by atomic mass is 10.1. The summed E-state index contributed by atoms with van der Waals surface area (Å²) in [5.41, 5.74) is 2.00. The summed E-state index contributed by atoms with van der Waals surface area (Å²) in [4.78, 5) is 15.5. The first-order valence-corrected chi connectivity index (χ1v) is 7.56. The number of rotatable bonds is 5. The number of aliphatic imine (C=N–C) groups is 1. The molecule has 1 heterocycles. The zero-order valence-corrected chi connectivity index (χ0v) is 14.0. The van der Waals surface area contributed by atoms with Crippen molar-refractivity contribution in [3.05, 3.63) is 35.6 Å². The van der Waals surface area contributed by atoms with Crippen LogP contribution in [0.25, 0.3) is 11.0 Å². The molecule has 0 saturated heterocycles. The molecule has 0 fully saturated rings. The molecule has 0 bridgehead atoms. The highest BCUT2D eigenvalue weighted by atomic mass is 16.5. The molecular formula is C17H23N3O3. The number of hydrogen-bond donors (Lipinski definition) is 2. The highest BCUT2D eigenvalue weighted by Crippen LogP contribution is 2.24. The Hall–Kier alpha value is -2.50. The number of benzene rings is 1. The minimum absolute atomic E-state index is 0.244. The second kappa shape index (κ2) is 7.67. The number of ether oxygens (including phenoxy) is 1. The normalized spacial score (nSPS) is 13.0. The van der Waals surface area contributed by atoms with Gasteiger partial charge in [0, 0.05) is 24.5 Å². The Labute approximate surface area is 135 Å². The molecule has 0 aliphatic carbocycles. The van der Waals surface area contributed by atoms with Gasteiger partial charge in [0.1, 0.15) is 11.3 Å². The predicted octanol–water partition coefficient (Wildman–Crippen LogP) is 2.22. The quantitative estimate of drug-likeness (QED) is 0.502. The van der Waals surface area contributed by atoms with E-state index in [0.717, 1.165) is 22.3 Å². The number of carbonyl (C=O) groups excluding carboxylic acids is 1. The number of methoxy groups -OCH3 is 1. The summed E-state index contributed by atoms with van der Waals surface area (Å²) in [6, 6.07) is 7.95. The Morgan fingerprint density at radius 3 is 2.74 bits per heavy atom. The average molecular weight is 317 g/mol. The molecule has 0 aliphatic rings. The lowest BCUT2D eigenvalue weighted by Crippen LogP contribution is -2.40. The van der Waals surface area contributed by atoms with E-state index in [1.807, 2.05) is 31.2 Å². The fourth-order valence-electron chi connectivity index (χ4n) is 2.31. The molecule has 0 amide bonds. The van der Waals surface area contributed by atoms with Gasteiger partial charge in [-0.15, -0.1) is 0 Å². The summed E-state index contributed by atoms with van der Waals surface area (Å²) in [6.45, 7) is 4.81. The number of nitrogens with zero attached hydrogens (tertiary/aromatic N) is 1. The zero-order valence-electron chi connectivity index (χ0n) is 14.0. The number of aryl methyl sites for hydroxylation is 1.